The van der Waals surface area contributed by atoms with Gasteiger partial charge in [0, 0.05) is 37.8 Å². The summed E-state index contributed by atoms with van der Waals surface area (Å²) < 4.78 is 0.442. The molecule has 0 spiro atoms. The second-order valence-corrected chi connectivity index (χ2v) is 7.51. The van der Waals surface area contributed by atoms with Gasteiger partial charge in [0.15, 0.2) is 0 Å². The molecule has 24 heavy (non-hydrogen) atoms. The monoisotopic (exact) mass is 384 g/mol. The van der Waals surface area contributed by atoms with E-state index in [4.69, 9.17) is 28.9 Å². The molecule has 1 fully saturated rings. The molecule has 1 aromatic carbocycles. The highest BCUT2D eigenvalue weighted by Gasteiger charge is 2.31. The highest BCUT2D eigenvalue weighted by molar-refractivity contribution is 8.26. The lowest BCUT2D eigenvalue weighted by atomic mass is 10.1. The summed E-state index contributed by atoms with van der Waals surface area (Å²) >= 11 is 12.7. The van der Waals surface area contributed by atoms with E-state index in [-0.39, 0.29) is 12.3 Å². The Kier molecular flexibility index (Phi) is 6.26. The predicted octanol–water partition coefficient (Wildman–Crippen LogP) is 3.47. The number of carbonyl (C=O) groups is 2. The maximum Gasteiger partial charge on any atom is 0.303 e. The number of rotatable bonds is 6. The Bertz CT molecular complexity index is 719. The zero-order chi connectivity index (χ0) is 17.9. The number of aliphatic carboxylic acids is 1. The lowest BCUT2D eigenvalue weighted by Crippen LogP contribution is -2.29. The van der Waals surface area contributed by atoms with Crippen LogP contribution in [0, 0.1) is 0 Å². The molecule has 0 saturated carbocycles. The fourth-order valence-corrected chi connectivity index (χ4v) is 3.66. The molecule has 1 aliphatic rings. The third-order valence-electron chi connectivity index (χ3n) is 3.43. The van der Waals surface area contributed by atoms with Crippen molar-refractivity contribution in [3.63, 3.8) is 0 Å². The largest absolute Gasteiger partial charge is 0.481 e. The van der Waals surface area contributed by atoms with Crippen molar-refractivity contribution in [3.8, 4) is 0 Å². The number of benzene rings is 1. The summed E-state index contributed by atoms with van der Waals surface area (Å²) in [5.41, 5.74) is 1.71. The number of hydrogen-bond donors (Lipinski definition) is 1. The minimum Gasteiger partial charge on any atom is -0.481 e. The zero-order valence-electron chi connectivity index (χ0n) is 13.3. The number of thiocarbonyl (C=S) groups is 1. The number of carboxylic acid groups (broad SMARTS) is 1. The molecule has 0 aliphatic carbocycles. The van der Waals surface area contributed by atoms with Gasteiger partial charge in [-0.1, -0.05) is 41.6 Å². The lowest BCUT2D eigenvalue weighted by molar-refractivity contribution is -0.137. The summed E-state index contributed by atoms with van der Waals surface area (Å²) in [5, 5.41) is 9.24. The molecular formula is C16H17ClN2O3S2. The van der Waals surface area contributed by atoms with Crippen LogP contribution in [0.4, 0.5) is 5.69 Å². The van der Waals surface area contributed by atoms with Crippen molar-refractivity contribution in [1.82, 2.24) is 4.90 Å². The van der Waals surface area contributed by atoms with Gasteiger partial charge in [-0.3, -0.25) is 14.5 Å². The van der Waals surface area contributed by atoms with Gasteiger partial charge in [-0.15, -0.1) is 0 Å². The number of anilines is 1. The second kappa shape index (κ2) is 8.00. The molecule has 1 aromatic rings. The summed E-state index contributed by atoms with van der Waals surface area (Å²) in [5.74, 6) is -1.09. The summed E-state index contributed by atoms with van der Waals surface area (Å²) in [6.07, 6.45) is 2.10. The second-order valence-electron chi connectivity index (χ2n) is 5.43. The number of halogens is 1. The van der Waals surface area contributed by atoms with E-state index in [0.717, 1.165) is 11.3 Å². The van der Waals surface area contributed by atoms with Crippen LogP contribution < -0.4 is 4.90 Å². The van der Waals surface area contributed by atoms with E-state index in [9.17, 15) is 9.59 Å². The summed E-state index contributed by atoms with van der Waals surface area (Å²) in [6, 6.07) is 5.61. The normalized spacial score (nSPS) is 16.1. The van der Waals surface area contributed by atoms with Crippen molar-refractivity contribution >= 4 is 63.5 Å². The van der Waals surface area contributed by atoms with Gasteiger partial charge in [0.05, 0.1) is 4.91 Å². The molecule has 128 valence electrons. The molecule has 1 heterocycles. The Morgan fingerprint density at radius 3 is 2.75 bits per heavy atom. The molecule has 1 amide bonds. The molecule has 5 nitrogen and oxygen atoms in total. The average molecular weight is 385 g/mol. The molecule has 0 atom stereocenters. The maximum atomic E-state index is 12.4. The Balaban J connectivity index is 2.15. The molecular weight excluding hydrogens is 368 g/mol. The third kappa shape index (κ3) is 4.49. The molecule has 2 rings (SSSR count). The highest BCUT2D eigenvalue weighted by atomic mass is 35.5. The van der Waals surface area contributed by atoms with Gasteiger partial charge in [0.2, 0.25) is 0 Å². The predicted molar refractivity (Wildman–Crippen MR) is 103 cm³/mol. The minimum absolute atomic E-state index is 0.00787. The van der Waals surface area contributed by atoms with Crippen molar-refractivity contribution in [3.05, 3.63) is 33.7 Å². The van der Waals surface area contributed by atoms with Gasteiger partial charge in [-0.25, -0.2) is 0 Å². The molecule has 0 bridgehead atoms. The molecule has 0 unspecified atom stereocenters. The Labute approximate surface area is 155 Å². The van der Waals surface area contributed by atoms with E-state index in [1.54, 1.807) is 6.08 Å². The third-order valence-corrected chi connectivity index (χ3v) is 5.14. The van der Waals surface area contributed by atoms with Gasteiger partial charge >= 0.3 is 5.97 Å². The quantitative estimate of drug-likeness (QED) is 0.598. The first-order chi connectivity index (χ1) is 11.3. The van der Waals surface area contributed by atoms with E-state index in [1.807, 2.05) is 37.2 Å². The van der Waals surface area contributed by atoms with Crippen LogP contribution in [0.2, 0.25) is 5.02 Å². The minimum atomic E-state index is -0.885. The lowest BCUT2D eigenvalue weighted by Gasteiger charge is -2.14. The topological polar surface area (TPSA) is 60.9 Å². The van der Waals surface area contributed by atoms with Crippen molar-refractivity contribution in [2.75, 3.05) is 25.5 Å². The van der Waals surface area contributed by atoms with Crippen LogP contribution in [0.25, 0.3) is 6.08 Å². The maximum absolute atomic E-state index is 12.4. The molecule has 0 radical (unpaired) electrons. The summed E-state index contributed by atoms with van der Waals surface area (Å²) in [7, 11) is 3.85. The summed E-state index contributed by atoms with van der Waals surface area (Å²) in [6.45, 7) is 0.307. The van der Waals surface area contributed by atoms with Crippen molar-refractivity contribution < 1.29 is 14.7 Å². The van der Waals surface area contributed by atoms with Crippen molar-refractivity contribution in [1.29, 1.82) is 0 Å². The first kappa shape index (κ1) is 18.8. The smallest absolute Gasteiger partial charge is 0.303 e. The number of thioether (sulfide) groups is 1. The molecule has 1 N–H and O–H groups in total. The average Bonchev–Trinajstić information content (AvgIpc) is 2.76. The highest BCUT2D eigenvalue weighted by Crippen LogP contribution is 2.34. The van der Waals surface area contributed by atoms with Crippen LogP contribution in [0.5, 0.6) is 0 Å². The van der Waals surface area contributed by atoms with Gasteiger partial charge in [0.1, 0.15) is 4.32 Å². The summed E-state index contributed by atoms with van der Waals surface area (Å²) in [4.78, 5) is 26.9. The van der Waals surface area contributed by atoms with Crippen LogP contribution in [0.15, 0.2) is 23.1 Å². The van der Waals surface area contributed by atoms with E-state index in [1.165, 1.54) is 16.7 Å². The Hall–Kier alpha value is -1.57. The van der Waals surface area contributed by atoms with Crippen LogP contribution >= 0.6 is 35.6 Å². The number of carboxylic acids is 1. The first-order valence-electron chi connectivity index (χ1n) is 7.23. The molecule has 8 heteroatoms. The van der Waals surface area contributed by atoms with E-state index in [0.29, 0.717) is 27.2 Å². The van der Waals surface area contributed by atoms with Crippen molar-refractivity contribution in [2.24, 2.45) is 0 Å². The van der Waals surface area contributed by atoms with Crippen molar-refractivity contribution in [2.45, 2.75) is 12.8 Å². The molecule has 1 saturated heterocycles. The number of carbonyl (C=O) groups excluding carboxylic acids is 1. The van der Waals surface area contributed by atoms with Gasteiger partial charge in [0.25, 0.3) is 5.91 Å². The SMILES string of the molecule is CN(C)c1ccc(C=C2SC(=S)N(CCCC(=O)O)C2=O)c(Cl)c1. The van der Waals surface area contributed by atoms with Gasteiger partial charge < -0.3 is 10.0 Å². The van der Waals surface area contributed by atoms with Gasteiger partial charge in [-0.2, -0.15) is 0 Å². The zero-order valence-corrected chi connectivity index (χ0v) is 15.7. The van der Waals surface area contributed by atoms with E-state index >= 15 is 0 Å². The fourth-order valence-electron chi connectivity index (χ4n) is 2.13. The van der Waals surface area contributed by atoms with Gasteiger partial charge in [-0.05, 0) is 30.2 Å². The molecule has 0 aromatic heterocycles. The number of amides is 1. The Morgan fingerprint density at radius 2 is 2.17 bits per heavy atom. The molecule has 1 aliphatic heterocycles. The fraction of sp³-hybridized carbons (Fsp3) is 0.312. The van der Waals surface area contributed by atoms with E-state index < -0.39 is 5.97 Å². The van der Waals surface area contributed by atoms with Crippen LogP contribution in [-0.2, 0) is 9.59 Å². The van der Waals surface area contributed by atoms with Crippen LogP contribution in [0.3, 0.4) is 0 Å². The van der Waals surface area contributed by atoms with E-state index in [2.05, 4.69) is 0 Å². The number of hydrogen-bond acceptors (Lipinski definition) is 5. The first-order valence-corrected chi connectivity index (χ1v) is 8.84. The standard InChI is InChI=1S/C16H17ClN2O3S2/c1-18(2)11-6-5-10(12(17)9-11)8-13-15(22)19(16(23)24-13)7-3-4-14(20)21/h5-6,8-9H,3-4,7H2,1-2H3,(H,20,21). The van der Waals surface area contributed by atoms with Crippen LogP contribution in [-0.4, -0.2) is 46.8 Å². The number of nitrogens with zero attached hydrogens (tertiary/aromatic N) is 2. The van der Waals surface area contributed by atoms with Crippen LogP contribution in [0.1, 0.15) is 18.4 Å². The Morgan fingerprint density at radius 1 is 1.46 bits per heavy atom.